The Morgan fingerprint density at radius 3 is 2.58 bits per heavy atom. The van der Waals surface area contributed by atoms with Crippen molar-refractivity contribution in [2.45, 2.75) is 0 Å². The zero-order chi connectivity index (χ0) is 14.0. The van der Waals surface area contributed by atoms with E-state index in [0.717, 1.165) is 0 Å². The van der Waals surface area contributed by atoms with Crippen LogP contribution in [0, 0.1) is 0 Å². The highest BCUT2D eigenvalue weighted by Gasteiger charge is 2.30. The van der Waals surface area contributed by atoms with Gasteiger partial charge in [0.15, 0.2) is 5.70 Å². The Morgan fingerprint density at radius 1 is 1.32 bits per heavy atom. The van der Waals surface area contributed by atoms with Crippen molar-refractivity contribution < 1.29 is 27.8 Å². The van der Waals surface area contributed by atoms with Crippen molar-refractivity contribution >= 4 is 21.0 Å². The van der Waals surface area contributed by atoms with E-state index < -0.39 is 26.7 Å². The summed E-state index contributed by atoms with van der Waals surface area (Å²) in [6, 6.07) is 6.21. The van der Waals surface area contributed by atoms with Crippen LogP contribution in [0.2, 0.25) is 0 Å². The van der Waals surface area contributed by atoms with Gasteiger partial charge in [-0.1, -0.05) is 6.07 Å². The lowest BCUT2D eigenvalue weighted by molar-refractivity contribution is -0.132. The van der Waals surface area contributed by atoms with Gasteiger partial charge < -0.3 is 14.6 Å². The first-order valence-corrected chi connectivity index (χ1v) is 6.58. The summed E-state index contributed by atoms with van der Waals surface area (Å²) in [5.41, 5.74) is -0.585. The predicted octanol–water partition coefficient (Wildman–Crippen LogP) is 0.784. The second kappa shape index (κ2) is 4.73. The molecule has 19 heavy (non-hydrogen) atoms. The molecule has 1 aliphatic heterocycles. The molecule has 0 aromatic heterocycles. The maximum Gasteiger partial charge on any atom is 0.355 e. The third kappa shape index (κ3) is 2.74. The number of benzene rings is 1. The summed E-state index contributed by atoms with van der Waals surface area (Å²) in [5.74, 6) is -0.783. The van der Waals surface area contributed by atoms with Gasteiger partial charge in [-0.15, -0.1) is 0 Å². The van der Waals surface area contributed by atoms with Gasteiger partial charge in [-0.3, -0.25) is 0 Å². The van der Waals surface area contributed by atoms with E-state index in [9.17, 15) is 13.2 Å². The van der Waals surface area contributed by atoms with Gasteiger partial charge in [0.25, 0.3) is 9.84 Å². The first-order valence-electron chi connectivity index (χ1n) is 5.03. The monoisotopic (exact) mass is 283 g/mol. The van der Waals surface area contributed by atoms with Crippen molar-refractivity contribution in [2.24, 2.45) is 4.99 Å². The highest BCUT2D eigenvalue weighted by Crippen LogP contribution is 2.22. The number of hydrogen-bond acceptors (Lipinski definition) is 6. The molecule has 0 aliphatic carbocycles. The molecule has 0 unspecified atom stereocenters. The Morgan fingerprint density at radius 2 is 2.00 bits per heavy atom. The Labute approximate surface area is 108 Å². The maximum absolute atomic E-state index is 11.6. The summed E-state index contributed by atoms with van der Waals surface area (Å²) >= 11 is 0. The third-order valence-electron chi connectivity index (χ3n) is 2.19. The van der Waals surface area contributed by atoms with Crippen LogP contribution in [0.15, 0.2) is 40.4 Å². The molecule has 0 spiro atoms. The molecule has 1 aromatic carbocycles. The molecule has 1 aliphatic rings. The lowest BCUT2D eigenvalue weighted by atomic mass is 10.3. The van der Waals surface area contributed by atoms with Crippen molar-refractivity contribution in [3.8, 4) is 11.5 Å². The van der Waals surface area contributed by atoms with Crippen LogP contribution in [0.1, 0.15) is 0 Å². The normalized spacial score (nSPS) is 16.5. The molecule has 100 valence electrons. The number of carbonyl (C=O) groups is 1. The van der Waals surface area contributed by atoms with Crippen molar-refractivity contribution in [2.75, 3.05) is 7.11 Å². The fraction of sp³-hybridized carbons (Fsp3) is 0.0909. The van der Waals surface area contributed by atoms with Crippen LogP contribution in [0.4, 0.5) is 0 Å². The van der Waals surface area contributed by atoms with E-state index in [1.165, 1.54) is 19.2 Å². The molecule has 0 saturated carbocycles. The van der Waals surface area contributed by atoms with Crippen LogP contribution < -0.4 is 9.47 Å². The van der Waals surface area contributed by atoms with Crippen LogP contribution in [-0.4, -0.2) is 31.8 Å². The Hall–Kier alpha value is -2.35. The van der Waals surface area contributed by atoms with Crippen LogP contribution in [0.25, 0.3) is 0 Å². The lowest BCUT2D eigenvalue weighted by Crippen LogP contribution is -2.16. The second-order valence-corrected chi connectivity index (χ2v) is 5.19. The second-order valence-electron chi connectivity index (χ2n) is 3.51. The topological polar surface area (TPSA) is 102 Å². The molecule has 0 radical (unpaired) electrons. The molecule has 1 aromatic rings. The molecule has 7 nitrogen and oxygen atoms in total. The van der Waals surface area contributed by atoms with Gasteiger partial charge in [0.2, 0.25) is 0 Å². The predicted molar refractivity (Wildman–Crippen MR) is 65.7 cm³/mol. The summed E-state index contributed by atoms with van der Waals surface area (Å²) < 4.78 is 33.3. The lowest BCUT2D eigenvalue weighted by Gasteiger charge is -2.05. The molecule has 0 atom stereocenters. The molecule has 0 amide bonds. The number of carboxylic acid groups (broad SMARTS) is 1. The van der Waals surface area contributed by atoms with Gasteiger partial charge in [0, 0.05) is 6.07 Å². The van der Waals surface area contributed by atoms with Gasteiger partial charge in [-0.05, 0) is 12.1 Å². The molecule has 8 heteroatoms. The number of aliphatic imine (C=N–C) groups is 1. The average Bonchev–Trinajstić information content (AvgIpc) is 2.65. The van der Waals surface area contributed by atoms with E-state index in [1.807, 2.05) is 0 Å². The summed E-state index contributed by atoms with van der Waals surface area (Å²) in [4.78, 5) is 14.1. The number of sulfone groups is 1. The molecule has 0 bridgehead atoms. The minimum atomic E-state index is -3.95. The zero-order valence-corrected chi connectivity index (χ0v) is 10.5. The van der Waals surface area contributed by atoms with Crippen LogP contribution in [0.3, 0.4) is 0 Å². The minimum absolute atomic E-state index is 0.182. The number of methoxy groups -OCH3 is 1. The van der Waals surface area contributed by atoms with Crippen LogP contribution in [-0.2, 0) is 14.6 Å². The van der Waals surface area contributed by atoms with Crippen molar-refractivity contribution in [3.63, 3.8) is 0 Å². The average molecular weight is 283 g/mol. The molecule has 1 heterocycles. The molecule has 0 saturated heterocycles. The number of carboxylic acids is 1. The zero-order valence-electron chi connectivity index (χ0n) is 9.73. The summed E-state index contributed by atoms with van der Waals surface area (Å²) in [6.45, 7) is 0. The molecule has 1 N–H and O–H groups in total. The van der Waals surface area contributed by atoms with Gasteiger partial charge in [-0.2, -0.15) is 4.99 Å². The number of rotatable bonds is 3. The number of nitrogens with zero attached hydrogens (tertiary/aromatic N) is 1. The largest absolute Gasteiger partial charge is 0.497 e. The first-order chi connectivity index (χ1) is 8.92. The van der Waals surface area contributed by atoms with E-state index in [0.29, 0.717) is 11.2 Å². The maximum atomic E-state index is 11.6. The molecule has 0 fully saturated rings. The molecular weight excluding hydrogens is 274 g/mol. The van der Waals surface area contributed by atoms with Gasteiger partial charge in [-0.25, -0.2) is 13.2 Å². The van der Waals surface area contributed by atoms with E-state index in [4.69, 9.17) is 14.6 Å². The summed E-state index contributed by atoms with van der Waals surface area (Å²) in [6.07, 6.45) is 0. The fourth-order valence-electron chi connectivity index (χ4n) is 1.33. The van der Waals surface area contributed by atoms with E-state index in [2.05, 4.69) is 4.99 Å². The third-order valence-corrected chi connectivity index (χ3v) is 3.38. The van der Waals surface area contributed by atoms with E-state index in [1.54, 1.807) is 12.1 Å². The Balaban J connectivity index is 2.29. The van der Waals surface area contributed by atoms with Gasteiger partial charge >= 0.3 is 11.2 Å². The molecular formula is C11H9NO6S. The van der Waals surface area contributed by atoms with Crippen molar-refractivity contribution in [3.05, 3.63) is 35.4 Å². The van der Waals surface area contributed by atoms with Gasteiger partial charge in [0.05, 0.1) is 12.5 Å². The van der Waals surface area contributed by atoms with E-state index in [-0.39, 0.29) is 5.75 Å². The quantitative estimate of drug-likeness (QED) is 0.879. The fourth-order valence-corrected chi connectivity index (χ4v) is 2.32. The van der Waals surface area contributed by atoms with Crippen LogP contribution in [0.5, 0.6) is 11.5 Å². The minimum Gasteiger partial charge on any atom is -0.497 e. The van der Waals surface area contributed by atoms with Crippen molar-refractivity contribution in [1.29, 1.82) is 0 Å². The first kappa shape index (κ1) is 13.1. The molecule has 2 rings (SSSR count). The van der Waals surface area contributed by atoms with E-state index >= 15 is 0 Å². The Bertz CT molecular complexity index is 689. The Kier molecular flexibility index (Phi) is 3.26. The number of ether oxygens (including phenoxy) is 2. The van der Waals surface area contributed by atoms with Gasteiger partial charge in [0.1, 0.15) is 11.5 Å². The smallest absolute Gasteiger partial charge is 0.355 e. The summed E-state index contributed by atoms with van der Waals surface area (Å²) in [5, 5.41) is 8.57. The standard InChI is InChI=1S/C11H9NO6S/c1-17-7-3-2-4-8(5-7)18-11-12-9(10(13)14)6-19(11,15)16/h2-6H,1H3,(H,13,14). The highest BCUT2D eigenvalue weighted by molar-refractivity contribution is 8.08. The number of hydrogen-bond donors (Lipinski definition) is 1. The van der Waals surface area contributed by atoms with Crippen LogP contribution >= 0.6 is 0 Å². The number of aliphatic carboxylic acids is 1. The van der Waals surface area contributed by atoms with Crippen molar-refractivity contribution in [1.82, 2.24) is 0 Å². The SMILES string of the molecule is COc1cccc(OC2=NC(C(=O)O)=CS2(=O)=O)c1. The summed E-state index contributed by atoms with van der Waals surface area (Å²) in [7, 11) is -2.50. The highest BCUT2D eigenvalue weighted by atomic mass is 32.2.